The second kappa shape index (κ2) is 5.73. The van der Waals surface area contributed by atoms with Crippen LogP contribution in [0.15, 0.2) is 24.3 Å². The van der Waals surface area contributed by atoms with Gasteiger partial charge in [-0.3, -0.25) is 0 Å². The van der Waals surface area contributed by atoms with E-state index < -0.39 is 12.0 Å². The van der Waals surface area contributed by atoms with E-state index in [9.17, 15) is 9.59 Å². The molecule has 1 aromatic rings. The number of hydrogen-bond acceptors (Lipinski definition) is 2. The largest absolute Gasteiger partial charge is 0.480 e. The maximum Gasteiger partial charge on any atom is 0.326 e. The number of carbonyl (C=O) groups is 2. The number of carboxylic acids is 1. The molecular weight excluding hydrogens is 244 g/mol. The van der Waals surface area contributed by atoms with E-state index in [1.807, 2.05) is 31.2 Å². The smallest absolute Gasteiger partial charge is 0.326 e. The molecule has 2 amide bonds. The number of likely N-dealkylation sites (tertiary alicyclic amines) is 1. The van der Waals surface area contributed by atoms with Gasteiger partial charge in [-0.05, 0) is 25.3 Å². The number of urea groups is 1. The standard InChI is InChI=1S/C14H18N2O3/c1-10-4-2-5-11(8-10)9-15-14(19)16-7-3-6-12(16)13(17)18/h2,4-5,8,12H,3,6-7,9H2,1H3,(H,15,19)(H,17,18)/t12-/m0/s1. The third-order valence-corrected chi connectivity index (χ3v) is 3.32. The zero-order valence-electron chi connectivity index (χ0n) is 10.9. The van der Waals surface area contributed by atoms with Crippen molar-refractivity contribution in [2.24, 2.45) is 0 Å². The first-order valence-corrected chi connectivity index (χ1v) is 6.41. The Morgan fingerprint density at radius 3 is 2.95 bits per heavy atom. The number of hydrogen-bond donors (Lipinski definition) is 2. The fraction of sp³-hybridized carbons (Fsp3) is 0.429. The van der Waals surface area contributed by atoms with E-state index in [4.69, 9.17) is 5.11 Å². The Morgan fingerprint density at radius 1 is 1.47 bits per heavy atom. The van der Waals surface area contributed by atoms with E-state index in [2.05, 4.69) is 5.32 Å². The van der Waals surface area contributed by atoms with Crippen molar-refractivity contribution in [3.63, 3.8) is 0 Å². The summed E-state index contributed by atoms with van der Waals surface area (Å²) in [6.45, 7) is 2.92. The molecule has 1 fully saturated rings. The molecule has 1 aliphatic rings. The second-order valence-electron chi connectivity index (χ2n) is 4.84. The maximum absolute atomic E-state index is 12.0. The van der Waals surface area contributed by atoms with Gasteiger partial charge in [0.1, 0.15) is 6.04 Å². The second-order valence-corrected chi connectivity index (χ2v) is 4.84. The molecule has 0 radical (unpaired) electrons. The number of benzene rings is 1. The van der Waals surface area contributed by atoms with Gasteiger partial charge in [-0.2, -0.15) is 0 Å². The highest BCUT2D eigenvalue weighted by molar-refractivity contribution is 5.83. The number of amides is 2. The van der Waals surface area contributed by atoms with Crippen LogP contribution >= 0.6 is 0 Å². The monoisotopic (exact) mass is 262 g/mol. The summed E-state index contributed by atoms with van der Waals surface area (Å²) in [7, 11) is 0. The third kappa shape index (κ3) is 3.24. The Kier molecular flexibility index (Phi) is 4.04. The Labute approximate surface area is 112 Å². The van der Waals surface area contributed by atoms with Gasteiger partial charge in [0, 0.05) is 13.1 Å². The molecule has 0 aliphatic carbocycles. The summed E-state index contributed by atoms with van der Waals surface area (Å²) in [6, 6.07) is 6.88. The predicted molar refractivity (Wildman–Crippen MR) is 70.8 cm³/mol. The van der Waals surface area contributed by atoms with Crippen LogP contribution in [-0.4, -0.2) is 34.6 Å². The molecule has 1 aromatic carbocycles. The number of rotatable bonds is 3. The van der Waals surface area contributed by atoms with Gasteiger partial charge >= 0.3 is 12.0 Å². The van der Waals surface area contributed by atoms with Crippen LogP contribution in [0.25, 0.3) is 0 Å². The van der Waals surface area contributed by atoms with Gasteiger partial charge in [-0.15, -0.1) is 0 Å². The van der Waals surface area contributed by atoms with Gasteiger partial charge in [-0.25, -0.2) is 9.59 Å². The van der Waals surface area contributed by atoms with Gasteiger partial charge in [0.15, 0.2) is 0 Å². The molecule has 2 rings (SSSR count). The first kappa shape index (κ1) is 13.4. The quantitative estimate of drug-likeness (QED) is 0.872. The van der Waals surface area contributed by atoms with E-state index in [-0.39, 0.29) is 6.03 Å². The molecule has 0 unspecified atom stereocenters. The first-order valence-electron chi connectivity index (χ1n) is 6.41. The molecule has 1 aliphatic heterocycles. The number of carbonyl (C=O) groups excluding carboxylic acids is 1. The van der Waals surface area contributed by atoms with Crippen LogP contribution in [0.3, 0.4) is 0 Å². The summed E-state index contributed by atoms with van der Waals surface area (Å²) in [5.41, 5.74) is 2.15. The summed E-state index contributed by atoms with van der Waals surface area (Å²) in [4.78, 5) is 24.4. The normalized spacial score (nSPS) is 18.4. The molecule has 1 saturated heterocycles. The summed E-state index contributed by atoms with van der Waals surface area (Å²) >= 11 is 0. The van der Waals surface area contributed by atoms with Crippen LogP contribution in [0.2, 0.25) is 0 Å². The molecule has 102 valence electrons. The molecule has 19 heavy (non-hydrogen) atoms. The van der Waals surface area contributed by atoms with E-state index >= 15 is 0 Å². The fourth-order valence-electron chi connectivity index (χ4n) is 2.37. The van der Waals surface area contributed by atoms with Gasteiger partial charge in [0.2, 0.25) is 0 Å². The molecule has 1 heterocycles. The predicted octanol–water partition coefficient (Wildman–Crippen LogP) is 1.75. The molecule has 0 spiro atoms. The molecule has 5 heteroatoms. The number of nitrogens with zero attached hydrogens (tertiary/aromatic N) is 1. The molecule has 0 aromatic heterocycles. The van der Waals surface area contributed by atoms with Crippen LogP contribution in [0, 0.1) is 6.92 Å². The summed E-state index contributed by atoms with van der Waals surface area (Å²) < 4.78 is 0. The topological polar surface area (TPSA) is 69.6 Å². The molecular formula is C14H18N2O3. The van der Waals surface area contributed by atoms with Gasteiger partial charge in [0.05, 0.1) is 0 Å². The SMILES string of the molecule is Cc1cccc(CNC(=O)N2CCC[C@H]2C(=O)O)c1. The third-order valence-electron chi connectivity index (χ3n) is 3.32. The number of nitrogens with one attached hydrogen (secondary N) is 1. The molecule has 1 atom stereocenters. The van der Waals surface area contributed by atoms with Crippen molar-refractivity contribution in [2.45, 2.75) is 32.4 Å². The number of aryl methyl sites for hydroxylation is 1. The van der Waals surface area contributed by atoms with Crippen LogP contribution in [0.5, 0.6) is 0 Å². The highest BCUT2D eigenvalue weighted by Gasteiger charge is 2.33. The Bertz CT molecular complexity index is 487. The van der Waals surface area contributed by atoms with Crippen molar-refractivity contribution in [1.82, 2.24) is 10.2 Å². The summed E-state index contributed by atoms with van der Waals surface area (Å²) in [5, 5.41) is 11.8. The van der Waals surface area contributed by atoms with E-state index in [1.165, 1.54) is 4.90 Å². The number of carboxylic acid groups (broad SMARTS) is 1. The fourth-order valence-corrected chi connectivity index (χ4v) is 2.37. The van der Waals surface area contributed by atoms with Crippen molar-refractivity contribution in [3.05, 3.63) is 35.4 Å². The van der Waals surface area contributed by atoms with Crippen molar-refractivity contribution in [2.75, 3.05) is 6.54 Å². The van der Waals surface area contributed by atoms with E-state index in [0.717, 1.165) is 17.5 Å². The molecule has 0 bridgehead atoms. The molecule has 2 N–H and O–H groups in total. The minimum absolute atomic E-state index is 0.300. The Hall–Kier alpha value is -2.04. The summed E-state index contributed by atoms with van der Waals surface area (Å²) in [6.07, 6.45) is 1.28. The van der Waals surface area contributed by atoms with Crippen molar-refractivity contribution >= 4 is 12.0 Å². The average molecular weight is 262 g/mol. The van der Waals surface area contributed by atoms with E-state index in [0.29, 0.717) is 19.5 Å². The van der Waals surface area contributed by atoms with E-state index in [1.54, 1.807) is 0 Å². The van der Waals surface area contributed by atoms with Gasteiger partial charge in [0.25, 0.3) is 0 Å². The van der Waals surface area contributed by atoms with Crippen LogP contribution in [0.4, 0.5) is 4.79 Å². The zero-order chi connectivity index (χ0) is 13.8. The average Bonchev–Trinajstić information content (AvgIpc) is 2.85. The van der Waals surface area contributed by atoms with Gasteiger partial charge in [-0.1, -0.05) is 29.8 Å². The van der Waals surface area contributed by atoms with Crippen LogP contribution < -0.4 is 5.32 Å². The van der Waals surface area contributed by atoms with Crippen molar-refractivity contribution < 1.29 is 14.7 Å². The highest BCUT2D eigenvalue weighted by Crippen LogP contribution is 2.17. The van der Waals surface area contributed by atoms with Crippen LogP contribution in [-0.2, 0) is 11.3 Å². The van der Waals surface area contributed by atoms with Gasteiger partial charge < -0.3 is 15.3 Å². The minimum Gasteiger partial charge on any atom is -0.480 e. The zero-order valence-corrected chi connectivity index (χ0v) is 10.9. The van der Waals surface area contributed by atoms with Crippen molar-refractivity contribution in [3.8, 4) is 0 Å². The number of aliphatic carboxylic acids is 1. The lowest BCUT2D eigenvalue weighted by Crippen LogP contribution is -2.45. The van der Waals surface area contributed by atoms with Crippen LogP contribution in [0.1, 0.15) is 24.0 Å². The lowest BCUT2D eigenvalue weighted by molar-refractivity contribution is -0.141. The highest BCUT2D eigenvalue weighted by atomic mass is 16.4. The Morgan fingerprint density at radius 2 is 2.26 bits per heavy atom. The maximum atomic E-state index is 12.0. The Balaban J connectivity index is 1.92. The summed E-state index contributed by atoms with van der Waals surface area (Å²) in [5.74, 6) is -0.928. The molecule has 5 nitrogen and oxygen atoms in total. The van der Waals surface area contributed by atoms with Crippen molar-refractivity contribution in [1.29, 1.82) is 0 Å². The first-order chi connectivity index (χ1) is 9.08. The lowest BCUT2D eigenvalue weighted by atomic mass is 10.1. The molecule has 0 saturated carbocycles. The minimum atomic E-state index is -0.928. The lowest BCUT2D eigenvalue weighted by Gasteiger charge is -2.21.